The van der Waals surface area contributed by atoms with E-state index in [1.54, 1.807) is 10.9 Å². The summed E-state index contributed by atoms with van der Waals surface area (Å²) < 4.78 is 3.60. The molecule has 0 unspecified atom stereocenters. The van der Waals surface area contributed by atoms with Gasteiger partial charge in [0.05, 0.1) is 19.4 Å². The zero-order chi connectivity index (χ0) is 17.2. The molecule has 4 rings (SSSR count). The maximum atomic E-state index is 12.6. The van der Waals surface area contributed by atoms with Gasteiger partial charge in [0.2, 0.25) is 0 Å². The highest BCUT2D eigenvalue weighted by Crippen LogP contribution is 2.15. The number of nitrogens with zero attached hydrogens (tertiary/aromatic N) is 4. The topological polar surface area (TPSA) is 52.7 Å². The number of benzene rings is 2. The van der Waals surface area contributed by atoms with Crippen LogP contribution in [0.25, 0.3) is 11.2 Å². The van der Waals surface area contributed by atoms with Gasteiger partial charge in [-0.05, 0) is 18.1 Å². The Morgan fingerprint density at radius 2 is 1.48 bits per heavy atom. The minimum absolute atomic E-state index is 0.247. The number of hydrogen-bond donors (Lipinski definition) is 0. The number of imidazole rings is 1. The number of aryl methyl sites for hydroxylation is 1. The zero-order valence-corrected chi connectivity index (χ0v) is 14.0. The van der Waals surface area contributed by atoms with E-state index in [-0.39, 0.29) is 5.69 Å². The fourth-order valence-electron chi connectivity index (χ4n) is 3.02. The van der Waals surface area contributed by atoms with Crippen LogP contribution >= 0.6 is 0 Å². The third-order valence-electron chi connectivity index (χ3n) is 4.37. The summed E-state index contributed by atoms with van der Waals surface area (Å²) in [5, 5.41) is 0. The maximum absolute atomic E-state index is 12.6. The Balaban J connectivity index is 1.75. The molecule has 25 heavy (non-hydrogen) atoms. The first-order valence-corrected chi connectivity index (χ1v) is 8.22. The van der Waals surface area contributed by atoms with Crippen LogP contribution in [0.15, 0.2) is 71.8 Å². The summed E-state index contributed by atoms with van der Waals surface area (Å²) in [4.78, 5) is 21.4. The van der Waals surface area contributed by atoms with Gasteiger partial charge in [0.1, 0.15) is 5.52 Å². The lowest BCUT2D eigenvalue weighted by molar-refractivity contribution is 0.705. The first-order chi connectivity index (χ1) is 12.2. The van der Waals surface area contributed by atoms with E-state index in [1.807, 2.05) is 60.0 Å². The van der Waals surface area contributed by atoms with Crippen LogP contribution in [0.1, 0.15) is 16.8 Å². The van der Waals surface area contributed by atoms with Crippen molar-refractivity contribution >= 4 is 11.2 Å². The van der Waals surface area contributed by atoms with Crippen molar-refractivity contribution in [3.8, 4) is 0 Å². The maximum Gasteiger partial charge on any atom is 0.350 e. The molecule has 5 heteroatoms. The van der Waals surface area contributed by atoms with Crippen LogP contribution in [0.3, 0.4) is 0 Å². The van der Waals surface area contributed by atoms with Crippen molar-refractivity contribution < 1.29 is 0 Å². The van der Waals surface area contributed by atoms with Gasteiger partial charge in [-0.1, -0.05) is 60.7 Å². The highest BCUT2D eigenvalue weighted by Gasteiger charge is 2.13. The van der Waals surface area contributed by atoms with Crippen LogP contribution < -0.4 is 5.69 Å². The van der Waals surface area contributed by atoms with Crippen LogP contribution in [-0.2, 0) is 13.1 Å². The molecule has 0 saturated heterocycles. The fourth-order valence-corrected chi connectivity index (χ4v) is 3.02. The van der Waals surface area contributed by atoms with Crippen LogP contribution in [0, 0.1) is 6.92 Å². The SMILES string of the molecule is Cc1c2ncn(Cc3ccccc3)c2nc(=O)n1Cc1ccccc1. The molecule has 0 aliphatic carbocycles. The van der Waals surface area contributed by atoms with E-state index in [4.69, 9.17) is 0 Å². The van der Waals surface area contributed by atoms with Gasteiger partial charge in [0.15, 0.2) is 5.65 Å². The van der Waals surface area contributed by atoms with Gasteiger partial charge < -0.3 is 4.57 Å². The van der Waals surface area contributed by atoms with Gasteiger partial charge in [-0.25, -0.2) is 9.78 Å². The van der Waals surface area contributed by atoms with Crippen molar-refractivity contribution in [2.75, 3.05) is 0 Å². The second kappa shape index (κ2) is 6.36. The van der Waals surface area contributed by atoms with E-state index >= 15 is 0 Å². The molecule has 124 valence electrons. The molecule has 2 heterocycles. The average molecular weight is 330 g/mol. The van der Waals surface area contributed by atoms with Crippen LogP contribution in [0.2, 0.25) is 0 Å². The summed E-state index contributed by atoms with van der Waals surface area (Å²) in [5.74, 6) is 0. The van der Waals surface area contributed by atoms with Crippen LogP contribution in [-0.4, -0.2) is 19.1 Å². The minimum Gasteiger partial charge on any atom is -0.311 e. The van der Waals surface area contributed by atoms with Crippen molar-refractivity contribution in [1.82, 2.24) is 19.1 Å². The van der Waals surface area contributed by atoms with E-state index in [1.165, 1.54) is 0 Å². The Labute approximate surface area is 145 Å². The molecule has 0 bridgehead atoms. The highest BCUT2D eigenvalue weighted by molar-refractivity contribution is 5.73. The lowest BCUT2D eigenvalue weighted by Crippen LogP contribution is -2.26. The second-order valence-corrected chi connectivity index (χ2v) is 6.08. The molecule has 0 N–H and O–H groups in total. The first-order valence-electron chi connectivity index (χ1n) is 8.22. The van der Waals surface area contributed by atoms with Gasteiger partial charge >= 0.3 is 5.69 Å². The molecule has 5 nitrogen and oxygen atoms in total. The Kier molecular flexibility index (Phi) is 3.90. The Hall–Kier alpha value is -3.21. The molecule has 0 fully saturated rings. The monoisotopic (exact) mass is 330 g/mol. The van der Waals surface area contributed by atoms with E-state index in [0.717, 1.165) is 22.3 Å². The van der Waals surface area contributed by atoms with Crippen LogP contribution in [0.4, 0.5) is 0 Å². The number of fused-ring (bicyclic) bond motifs is 1. The molecule has 0 spiro atoms. The Morgan fingerprint density at radius 1 is 0.880 bits per heavy atom. The molecule has 2 aromatic carbocycles. The lowest BCUT2D eigenvalue weighted by atomic mass is 10.2. The van der Waals surface area contributed by atoms with E-state index < -0.39 is 0 Å². The molecular formula is C20H18N4O. The number of rotatable bonds is 4. The summed E-state index contributed by atoms with van der Waals surface area (Å²) in [6.45, 7) is 3.07. The summed E-state index contributed by atoms with van der Waals surface area (Å²) >= 11 is 0. The van der Waals surface area contributed by atoms with Gasteiger partial charge in [0, 0.05) is 5.69 Å². The van der Waals surface area contributed by atoms with E-state index in [0.29, 0.717) is 18.7 Å². The average Bonchev–Trinajstić information content (AvgIpc) is 3.03. The number of hydrogen-bond acceptors (Lipinski definition) is 3. The smallest absolute Gasteiger partial charge is 0.311 e. The Morgan fingerprint density at radius 3 is 2.12 bits per heavy atom. The molecule has 0 aliphatic rings. The zero-order valence-electron chi connectivity index (χ0n) is 14.0. The van der Waals surface area contributed by atoms with Crippen molar-refractivity contribution in [3.63, 3.8) is 0 Å². The Bertz CT molecular complexity index is 1070. The molecule has 0 saturated carbocycles. The predicted octanol–water partition coefficient (Wildman–Crippen LogP) is 3.00. The second-order valence-electron chi connectivity index (χ2n) is 6.08. The lowest BCUT2D eigenvalue weighted by Gasteiger charge is -2.10. The van der Waals surface area contributed by atoms with E-state index in [2.05, 4.69) is 22.1 Å². The van der Waals surface area contributed by atoms with Crippen molar-refractivity contribution in [2.45, 2.75) is 20.0 Å². The van der Waals surface area contributed by atoms with E-state index in [9.17, 15) is 4.79 Å². The third-order valence-corrected chi connectivity index (χ3v) is 4.37. The molecule has 0 atom stereocenters. The minimum atomic E-state index is -0.247. The largest absolute Gasteiger partial charge is 0.350 e. The molecule has 0 radical (unpaired) electrons. The van der Waals surface area contributed by atoms with Crippen molar-refractivity contribution in [2.24, 2.45) is 0 Å². The predicted molar refractivity (Wildman–Crippen MR) is 97.6 cm³/mol. The van der Waals surface area contributed by atoms with Crippen LogP contribution in [0.5, 0.6) is 0 Å². The summed E-state index contributed by atoms with van der Waals surface area (Å²) in [6.07, 6.45) is 1.75. The van der Waals surface area contributed by atoms with Gasteiger partial charge in [-0.2, -0.15) is 4.98 Å². The van der Waals surface area contributed by atoms with Crippen molar-refractivity contribution in [3.05, 3.63) is 94.3 Å². The van der Waals surface area contributed by atoms with Gasteiger partial charge in [-0.3, -0.25) is 4.57 Å². The normalized spacial score (nSPS) is 11.1. The molecular weight excluding hydrogens is 312 g/mol. The quantitative estimate of drug-likeness (QED) is 0.578. The molecule has 0 aliphatic heterocycles. The highest BCUT2D eigenvalue weighted by atomic mass is 16.1. The van der Waals surface area contributed by atoms with Gasteiger partial charge in [0.25, 0.3) is 0 Å². The number of aromatic nitrogens is 4. The summed E-state index contributed by atoms with van der Waals surface area (Å²) in [7, 11) is 0. The molecule has 2 aromatic heterocycles. The molecule has 4 aromatic rings. The molecule has 0 amide bonds. The fraction of sp³-hybridized carbons (Fsp3) is 0.150. The first kappa shape index (κ1) is 15.3. The summed E-state index contributed by atoms with van der Waals surface area (Å²) in [6, 6.07) is 20.0. The third kappa shape index (κ3) is 2.96. The summed E-state index contributed by atoms with van der Waals surface area (Å²) in [5.41, 5.74) is 4.21. The van der Waals surface area contributed by atoms with Crippen molar-refractivity contribution in [1.29, 1.82) is 0 Å². The standard InChI is InChI=1S/C20H18N4O/c1-15-18-19(23(14-21-18)12-16-8-4-2-5-9-16)22-20(25)24(15)13-17-10-6-3-7-11-17/h2-11,14H,12-13H2,1H3. The van der Waals surface area contributed by atoms with Gasteiger partial charge in [-0.15, -0.1) is 0 Å².